The first-order chi connectivity index (χ1) is 8.70. The molecule has 0 aromatic carbocycles. The highest BCUT2D eigenvalue weighted by Crippen LogP contribution is 2.34. The van der Waals surface area contributed by atoms with Gasteiger partial charge in [0, 0.05) is 44.7 Å². The van der Waals surface area contributed by atoms with Crippen LogP contribution >= 0.6 is 0 Å². The first-order valence-corrected chi connectivity index (χ1v) is 6.97. The molecule has 2 bridgehead atoms. The lowest BCUT2D eigenvalue weighted by molar-refractivity contribution is -0.121. The largest absolute Gasteiger partial charge is 0.383 e. The number of rotatable bonds is 6. The molecule has 5 nitrogen and oxygen atoms in total. The van der Waals surface area contributed by atoms with Gasteiger partial charge in [0.15, 0.2) is 0 Å². The third-order valence-corrected chi connectivity index (χ3v) is 4.15. The molecule has 2 heterocycles. The number of carbonyl (C=O) groups is 1. The molecule has 2 saturated heterocycles. The van der Waals surface area contributed by atoms with Crippen molar-refractivity contribution in [1.82, 2.24) is 10.2 Å². The van der Waals surface area contributed by atoms with Crippen molar-refractivity contribution in [3.8, 4) is 0 Å². The number of piperidine rings is 1. The Hall–Kier alpha value is -0.650. The number of amides is 1. The zero-order valence-corrected chi connectivity index (χ0v) is 11.2. The summed E-state index contributed by atoms with van der Waals surface area (Å²) < 4.78 is 4.90. The summed E-state index contributed by atoms with van der Waals surface area (Å²) in [5.41, 5.74) is 6.03. The van der Waals surface area contributed by atoms with Gasteiger partial charge in [-0.2, -0.15) is 0 Å². The molecule has 5 heteroatoms. The molecular weight excluding hydrogens is 230 g/mol. The summed E-state index contributed by atoms with van der Waals surface area (Å²) in [6.07, 6.45) is 5.29. The van der Waals surface area contributed by atoms with Gasteiger partial charge in [-0.1, -0.05) is 0 Å². The smallest absolute Gasteiger partial charge is 0.221 e. The van der Waals surface area contributed by atoms with E-state index in [1.165, 1.54) is 12.8 Å². The minimum absolute atomic E-state index is 0.126. The zero-order valence-electron chi connectivity index (χ0n) is 11.2. The first kappa shape index (κ1) is 13.8. The average molecular weight is 255 g/mol. The Morgan fingerprint density at radius 3 is 2.67 bits per heavy atom. The number of nitrogens with two attached hydrogens (primary N) is 1. The molecule has 3 N–H and O–H groups in total. The second kappa shape index (κ2) is 6.50. The van der Waals surface area contributed by atoms with Crippen LogP contribution in [-0.4, -0.2) is 55.7 Å². The standard InChI is InChI=1S/C13H25N3O2/c1-18-7-5-15-13(17)4-6-16-11-2-3-12(16)9-10(14)8-11/h10-12H,2-9,14H2,1H3,(H,15,17). The number of nitrogens with one attached hydrogen (secondary N) is 1. The predicted molar refractivity (Wildman–Crippen MR) is 70.2 cm³/mol. The molecule has 2 fully saturated rings. The van der Waals surface area contributed by atoms with Crippen LogP contribution in [-0.2, 0) is 9.53 Å². The van der Waals surface area contributed by atoms with Gasteiger partial charge in [-0.25, -0.2) is 0 Å². The highest BCUT2D eigenvalue weighted by Gasteiger charge is 2.39. The van der Waals surface area contributed by atoms with Crippen LogP contribution in [0.2, 0.25) is 0 Å². The molecule has 2 aliphatic heterocycles. The van der Waals surface area contributed by atoms with Crippen LogP contribution in [0.25, 0.3) is 0 Å². The summed E-state index contributed by atoms with van der Waals surface area (Å²) in [5, 5.41) is 2.87. The van der Waals surface area contributed by atoms with Crippen LogP contribution in [0.3, 0.4) is 0 Å². The van der Waals surface area contributed by atoms with E-state index in [-0.39, 0.29) is 5.91 Å². The number of hydrogen-bond acceptors (Lipinski definition) is 4. The Morgan fingerprint density at radius 2 is 2.06 bits per heavy atom. The van der Waals surface area contributed by atoms with Crippen LogP contribution in [0.1, 0.15) is 32.1 Å². The zero-order chi connectivity index (χ0) is 13.0. The third-order valence-electron chi connectivity index (χ3n) is 4.15. The van der Waals surface area contributed by atoms with Crippen molar-refractivity contribution in [1.29, 1.82) is 0 Å². The molecule has 0 aromatic rings. The SMILES string of the molecule is COCCNC(=O)CCN1C2CCC1CC(N)C2. The maximum absolute atomic E-state index is 11.6. The van der Waals surface area contributed by atoms with Crippen molar-refractivity contribution in [2.45, 2.75) is 50.2 Å². The maximum atomic E-state index is 11.6. The molecule has 0 radical (unpaired) electrons. The predicted octanol–water partition coefficient (Wildman–Crippen LogP) is 0.0932. The van der Waals surface area contributed by atoms with Crippen molar-refractivity contribution in [2.24, 2.45) is 5.73 Å². The van der Waals surface area contributed by atoms with Crippen molar-refractivity contribution in [3.05, 3.63) is 0 Å². The highest BCUT2D eigenvalue weighted by atomic mass is 16.5. The summed E-state index contributed by atoms with van der Waals surface area (Å²) in [7, 11) is 1.64. The Labute approximate surface area is 109 Å². The Balaban J connectivity index is 1.69. The van der Waals surface area contributed by atoms with Crippen molar-refractivity contribution < 1.29 is 9.53 Å². The van der Waals surface area contributed by atoms with Gasteiger partial charge in [0.2, 0.25) is 5.91 Å². The van der Waals surface area contributed by atoms with E-state index in [9.17, 15) is 4.79 Å². The van der Waals surface area contributed by atoms with Gasteiger partial charge >= 0.3 is 0 Å². The number of ether oxygens (including phenoxy) is 1. The molecule has 0 aliphatic carbocycles. The first-order valence-electron chi connectivity index (χ1n) is 6.97. The monoisotopic (exact) mass is 255 g/mol. The molecule has 2 atom stereocenters. The minimum Gasteiger partial charge on any atom is -0.383 e. The van der Waals surface area contributed by atoms with Gasteiger partial charge in [0.25, 0.3) is 0 Å². The van der Waals surface area contributed by atoms with Gasteiger partial charge in [0.05, 0.1) is 6.61 Å². The number of carbonyl (C=O) groups excluding carboxylic acids is 1. The quantitative estimate of drug-likeness (QED) is 0.660. The van der Waals surface area contributed by atoms with Crippen molar-refractivity contribution >= 4 is 5.91 Å². The highest BCUT2D eigenvalue weighted by molar-refractivity contribution is 5.76. The van der Waals surface area contributed by atoms with Crippen LogP contribution in [0.4, 0.5) is 0 Å². The second-order valence-corrected chi connectivity index (χ2v) is 5.45. The average Bonchev–Trinajstić information content (AvgIpc) is 2.58. The molecule has 2 unspecified atom stereocenters. The Bertz CT molecular complexity index is 271. The molecule has 2 aliphatic rings. The summed E-state index contributed by atoms with van der Waals surface area (Å²) in [6.45, 7) is 2.06. The van der Waals surface area contributed by atoms with E-state index in [1.54, 1.807) is 7.11 Å². The molecule has 1 amide bonds. The fraction of sp³-hybridized carbons (Fsp3) is 0.923. The second-order valence-electron chi connectivity index (χ2n) is 5.45. The Kier molecular flexibility index (Phi) is 4.97. The fourth-order valence-electron chi connectivity index (χ4n) is 3.29. The number of hydrogen-bond donors (Lipinski definition) is 2. The molecule has 104 valence electrons. The van der Waals surface area contributed by atoms with E-state index < -0.39 is 0 Å². The van der Waals surface area contributed by atoms with Gasteiger partial charge < -0.3 is 15.8 Å². The lowest BCUT2D eigenvalue weighted by Crippen LogP contribution is -2.48. The lowest BCUT2D eigenvalue weighted by Gasteiger charge is -2.37. The number of methoxy groups -OCH3 is 1. The topological polar surface area (TPSA) is 67.6 Å². The molecule has 2 rings (SSSR count). The number of nitrogens with zero attached hydrogens (tertiary/aromatic N) is 1. The normalized spacial score (nSPS) is 31.6. The number of fused-ring (bicyclic) bond motifs is 2. The van der Waals surface area contributed by atoms with Crippen LogP contribution in [0.15, 0.2) is 0 Å². The summed E-state index contributed by atoms with van der Waals surface area (Å²) in [6, 6.07) is 1.60. The van der Waals surface area contributed by atoms with Gasteiger partial charge in [0.1, 0.15) is 0 Å². The molecule has 0 saturated carbocycles. The molecular formula is C13H25N3O2. The Morgan fingerprint density at radius 1 is 1.39 bits per heavy atom. The summed E-state index contributed by atoms with van der Waals surface area (Å²) >= 11 is 0. The minimum atomic E-state index is 0.126. The molecule has 0 aromatic heterocycles. The molecule has 18 heavy (non-hydrogen) atoms. The van der Waals surface area contributed by atoms with Crippen LogP contribution in [0, 0.1) is 0 Å². The van der Waals surface area contributed by atoms with E-state index in [2.05, 4.69) is 10.2 Å². The fourth-order valence-corrected chi connectivity index (χ4v) is 3.29. The van der Waals surface area contributed by atoms with Crippen LogP contribution in [0.5, 0.6) is 0 Å². The van der Waals surface area contributed by atoms with E-state index in [4.69, 9.17) is 10.5 Å². The van der Waals surface area contributed by atoms with Crippen molar-refractivity contribution in [2.75, 3.05) is 26.8 Å². The van der Waals surface area contributed by atoms with E-state index in [1.807, 2.05) is 0 Å². The van der Waals surface area contributed by atoms with E-state index in [0.717, 1.165) is 19.4 Å². The molecule has 0 spiro atoms. The summed E-state index contributed by atoms with van der Waals surface area (Å²) in [5.74, 6) is 0.126. The summed E-state index contributed by atoms with van der Waals surface area (Å²) in [4.78, 5) is 14.1. The van der Waals surface area contributed by atoms with E-state index in [0.29, 0.717) is 37.7 Å². The lowest BCUT2D eigenvalue weighted by atomic mass is 9.98. The third kappa shape index (κ3) is 3.43. The van der Waals surface area contributed by atoms with Crippen LogP contribution < -0.4 is 11.1 Å². The van der Waals surface area contributed by atoms with Gasteiger partial charge in [-0.05, 0) is 25.7 Å². The van der Waals surface area contributed by atoms with Crippen molar-refractivity contribution in [3.63, 3.8) is 0 Å². The van der Waals surface area contributed by atoms with Gasteiger partial charge in [-0.15, -0.1) is 0 Å². The van der Waals surface area contributed by atoms with Gasteiger partial charge in [-0.3, -0.25) is 9.69 Å². The van der Waals surface area contributed by atoms with E-state index >= 15 is 0 Å². The maximum Gasteiger partial charge on any atom is 0.221 e.